The average Bonchev–Trinajstić information content (AvgIpc) is 2.29. The molecule has 1 aromatic carbocycles. The molecule has 9 heteroatoms. The van der Waals surface area contributed by atoms with E-state index in [1.54, 1.807) is 0 Å². The quantitative estimate of drug-likeness (QED) is 0.890. The summed E-state index contributed by atoms with van der Waals surface area (Å²) < 4.78 is 61.6. The number of hydrogen-bond acceptors (Lipinski definition) is 3. The highest BCUT2D eigenvalue weighted by atomic mass is 32.2. The number of hydrogen-bond donors (Lipinski definition) is 2. The molecule has 0 unspecified atom stereocenters. The third-order valence-electron chi connectivity index (χ3n) is 2.39. The van der Waals surface area contributed by atoms with Gasteiger partial charge in [-0.05, 0) is 31.7 Å². The molecule has 0 fully saturated rings. The van der Waals surface area contributed by atoms with Crippen LogP contribution in [0.1, 0.15) is 12.0 Å². The number of carbonyl (C=O) groups excluding carboxylic acids is 1. The van der Waals surface area contributed by atoms with Crippen LogP contribution in [-0.4, -0.2) is 27.5 Å². The van der Waals surface area contributed by atoms with Crippen LogP contribution in [0.5, 0.6) is 0 Å². The van der Waals surface area contributed by atoms with E-state index in [1.165, 1.54) is 26.1 Å². The van der Waals surface area contributed by atoms with Gasteiger partial charge in [0.2, 0.25) is 15.9 Å². The van der Waals surface area contributed by atoms with Gasteiger partial charge >= 0.3 is 6.18 Å². The fraction of sp³-hybridized carbons (Fsp3) is 0.364. The molecule has 5 nitrogen and oxygen atoms in total. The first-order chi connectivity index (χ1) is 9.05. The zero-order valence-electron chi connectivity index (χ0n) is 10.7. The molecule has 0 aliphatic rings. The zero-order chi connectivity index (χ0) is 15.6. The van der Waals surface area contributed by atoms with Crippen molar-refractivity contribution in [3.8, 4) is 0 Å². The minimum absolute atomic E-state index is 0.0151. The van der Waals surface area contributed by atoms with Crippen molar-refractivity contribution in [1.82, 2.24) is 4.72 Å². The second kappa shape index (κ2) is 5.80. The molecular formula is C11H13F3N2O3S. The van der Waals surface area contributed by atoms with Crippen LogP contribution >= 0.6 is 0 Å². The standard InChI is InChI=1S/C11H13F3N2O3S/c1-7-3-4-8(5-9(7)20(18,19)15-2)16-10(17)6-11(12,13)14/h3-5,15H,6H2,1-2H3,(H,16,17). The molecule has 0 spiro atoms. The third kappa shape index (κ3) is 4.49. The van der Waals surface area contributed by atoms with Crippen molar-refractivity contribution in [2.75, 3.05) is 12.4 Å². The van der Waals surface area contributed by atoms with Crippen LogP contribution in [0.4, 0.5) is 18.9 Å². The van der Waals surface area contributed by atoms with Crippen LogP contribution in [0.3, 0.4) is 0 Å². The first-order valence-corrected chi connectivity index (χ1v) is 6.94. The maximum Gasteiger partial charge on any atom is 0.397 e. The lowest BCUT2D eigenvalue weighted by Gasteiger charge is -2.11. The van der Waals surface area contributed by atoms with Crippen molar-refractivity contribution in [2.24, 2.45) is 0 Å². The number of rotatable bonds is 4. The van der Waals surface area contributed by atoms with Crippen LogP contribution in [0.25, 0.3) is 0 Å². The number of sulfonamides is 1. The van der Waals surface area contributed by atoms with Crippen LogP contribution < -0.4 is 10.0 Å². The van der Waals surface area contributed by atoms with Crippen molar-refractivity contribution in [3.63, 3.8) is 0 Å². The Balaban J connectivity index is 3.00. The lowest BCUT2D eigenvalue weighted by molar-refractivity contribution is -0.150. The number of nitrogens with one attached hydrogen (secondary N) is 2. The normalized spacial score (nSPS) is 12.2. The maximum absolute atomic E-state index is 12.0. The summed E-state index contributed by atoms with van der Waals surface area (Å²) in [6, 6.07) is 3.83. The van der Waals surface area contributed by atoms with Crippen molar-refractivity contribution in [2.45, 2.75) is 24.4 Å². The van der Waals surface area contributed by atoms with Gasteiger partial charge in [-0.25, -0.2) is 13.1 Å². The summed E-state index contributed by atoms with van der Waals surface area (Å²) >= 11 is 0. The summed E-state index contributed by atoms with van der Waals surface area (Å²) in [5.74, 6) is -1.26. The van der Waals surface area contributed by atoms with E-state index in [0.29, 0.717) is 5.56 Å². The number of aryl methyl sites for hydroxylation is 1. The van der Waals surface area contributed by atoms with Crippen molar-refractivity contribution in [1.29, 1.82) is 0 Å². The highest BCUT2D eigenvalue weighted by Gasteiger charge is 2.31. The fourth-order valence-electron chi connectivity index (χ4n) is 1.46. The summed E-state index contributed by atoms with van der Waals surface area (Å²) in [5, 5.41) is 2.01. The topological polar surface area (TPSA) is 75.3 Å². The molecule has 0 saturated carbocycles. The van der Waals surface area contributed by atoms with Gasteiger partial charge in [0.05, 0.1) is 4.90 Å². The Bertz CT molecular complexity index is 612. The molecule has 0 radical (unpaired) electrons. The van der Waals surface area contributed by atoms with E-state index >= 15 is 0 Å². The summed E-state index contributed by atoms with van der Waals surface area (Å²) in [7, 11) is -2.53. The Morgan fingerprint density at radius 3 is 2.40 bits per heavy atom. The Morgan fingerprint density at radius 1 is 1.30 bits per heavy atom. The van der Waals surface area contributed by atoms with E-state index < -0.39 is 28.5 Å². The first kappa shape index (κ1) is 16.4. The Morgan fingerprint density at radius 2 is 1.90 bits per heavy atom. The van der Waals surface area contributed by atoms with E-state index in [1.807, 2.05) is 5.32 Å². The molecule has 0 saturated heterocycles. The third-order valence-corrected chi connectivity index (χ3v) is 3.95. The van der Waals surface area contributed by atoms with E-state index in [9.17, 15) is 26.4 Å². The Labute approximate surface area is 114 Å². The van der Waals surface area contributed by atoms with E-state index in [2.05, 4.69) is 4.72 Å². The van der Waals surface area contributed by atoms with Crippen LogP contribution in [0.2, 0.25) is 0 Å². The van der Waals surface area contributed by atoms with E-state index in [4.69, 9.17) is 0 Å². The number of alkyl halides is 3. The van der Waals surface area contributed by atoms with Gasteiger partial charge in [0, 0.05) is 5.69 Å². The first-order valence-electron chi connectivity index (χ1n) is 5.46. The predicted octanol–water partition coefficient (Wildman–Crippen LogP) is 1.79. The molecule has 0 bridgehead atoms. The summed E-state index contributed by atoms with van der Waals surface area (Å²) in [6.45, 7) is 1.53. The molecule has 0 aliphatic heterocycles. The van der Waals surface area contributed by atoms with Gasteiger partial charge < -0.3 is 5.32 Å². The van der Waals surface area contributed by atoms with Crippen molar-refractivity contribution < 1.29 is 26.4 Å². The van der Waals surface area contributed by atoms with Gasteiger partial charge in [-0.1, -0.05) is 6.07 Å². The molecule has 2 N–H and O–H groups in total. The summed E-state index contributed by atoms with van der Waals surface area (Å²) in [6.07, 6.45) is -6.25. The van der Waals surface area contributed by atoms with Crippen LogP contribution in [0, 0.1) is 6.92 Å². The monoisotopic (exact) mass is 310 g/mol. The smallest absolute Gasteiger partial charge is 0.326 e. The van der Waals surface area contributed by atoms with Gasteiger partial charge in [-0.3, -0.25) is 4.79 Å². The van der Waals surface area contributed by atoms with Gasteiger partial charge in [0.1, 0.15) is 6.42 Å². The van der Waals surface area contributed by atoms with Crippen molar-refractivity contribution in [3.05, 3.63) is 23.8 Å². The zero-order valence-corrected chi connectivity index (χ0v) is 11.5. The van der Waals surface area contributed by atoms with E-state index in [-0.39, 0.29) is 10.6 Å². The molecule has 1 amide bonds. The SMILES string of the molecule is CNS(=O)(=O)c1cc(NC(=O)CC(F)(F)F)ccc1C. The average molecular weight is 310 g/mol. The summed E-state index contributed by atoms with van der Waals surface area (Å²) in [4.78, 5) is 11.0. The molecule has 1 rings (SSSR count). The number of anilines is 1. The maximum atomic E-state index is 12.0. The molecule has 112 valence electrons. The predicted molar refractivity (Wildman–Crippen MR) is 66.7 cm³/mol. The van der Waals surface area contributed by atoms with E-state index in [0.717, 1.165) is 6.07 Å². The number of carbonyl (C=O) groups is 1. The van der Waals surface area contributed by atoms with Crippen LogP contribution in [0.15, 0.2) is 23.1 Å². The van der Waals surface area contributed by atoms with Gasteiger partial charge in [-0.2, -0.15) is 13.2 Å². The number of benzene rings is 1. The van der Waals surface area contributed by atoms with Gasteiger partial charge in [-0.15, -0.1) is 0 Å². The largest absolute Gasteiger partial charge is 0.397 e. The minimum Gasteiger partial charge on any atom is -0.326 e. The highest BCUT2D eigenvalue weighted by Crippen LogP contribution is 2.23. The van der Waals surface area contributed by atoms with Crippen molar-refractivity contribution >= 4 is 21.6 Å². The molecule has 20 heavy (non-hydrogen) atoms. The second-order valence-corrected chi connectivity index (χ2v) is 5.88. The molecule has 1 aromatic rings. The molecule has 0 atom stereocenters. The fourth-order valence-corrected chi connectivity index (χ4v) is 2.46. The van der Waals surface area contributed by atoms with Crippen LogP contribution in [-0.2, 0) is 14.8 Å². The summed E-state index contributed by atoms with van der Waals surface area (Å²) in [5.41, 5.74) is 0.395. The molecule has 0 heterocycles. The Kier molecular flexibility index (Phi) is 4.77. The molecule has 0 aliphatic carbocycles. The minimum atomic E-state index is -4.62. The number of amides is 1. The van der Waals surface area contributed by atoms with Gasteiger partial charge in [0.15, 0.2) is 0 Å². The number of halogens is 3. The van der Waals surface area contributed by atoms with Gasteiger partial charge in [0.25, 0.3) is 0 Å². The highest BCUT2D eigenvalue weighted by molar-refractivity contribution is 7.89. The molecule has 0 aromatic heterocycles. The Hall–Kier alpha value is -1.61. The molecular weight excluding hydrogens is 297 g/mol. The second-order valence-electron chi connectivity index (χ2n) is 4.03. The lowest BCUT2D eigenvalue weighted by atomic mass is 10.2. The lowest BCUT2D eigenvalue weighted by Crippen LogP contribution is -2.22.